The summed E-state index contributed by atoms with van der Waals surface area (Å²) in [6, 6.07) is 0. The van der Waals surface area contributed by atoms with Crippen molar-refractivity contribution in [2.45, 2.75) is 49.7 Å². The summed E-state index contributed by atoms with van der Waals surface area (Å²) in [7, 11) is 0. The van der Waals surface area contributed by atoms with Crippen LogP contribution in [0.1, 0.15) is 32.6 Å². The highest BCUT2D eigenvalue weighted by Crippen LogP contribution is 2.39. The lowest BCUT2D eigenvalue weighted by atomic mass is 10.2. The van der Waals surface area contributed by atoms with Crippen molar-refractivity contribution in [1.82, 2.24) is 0 Å². The predicted octanol–water partition coefficient (Wildman–Crippen LogP) is 1.88. The average Bonchev–Trinajstić information content (AvgIpc) is 2.86. The second-order valence-corrected chi connectivity index (χ2v) is 5.86. The van der Waals surface area contributed by atoms with E-state index < -0.39 is 5.97 Å². The van der Waals surface area contributed by atoms with E-state index in [0.29, 0.717) is 12.4 Å². The Morgan fingerprint density at radius 2 is 2.25 bits per heavy atom. The van der Waals surface area contributed by atoms with Gasteiger partial charge in [0.1, 0.15) is 0 Å². The third-order valence-electron chi connectivity index (χ3n) is 3.16. The third-order valence-corrected chi connectivity index (χ3v) is 4.42. The maximum atomic E-state index is 10.7. The standard InChI is InChI=1S/C11H18O4S/c1-8(10(12)13)16-7-9-6-14-11(15-9)4-2-3-5-11/h8-9H,2-7H2,1H3,(H,12,13). The fraction of sp³-hybridized carbons (Fsp3) is 0.909. The topological polar surface area (TPSA) is 55.8 Å². The molecule has 1 aliphatic carbocycles. The van der Waals surface area contributed by atoms with Gasteiger partial charge in [0.15, 0.2) is 5.79 Å². The molecule has 92 valence electrons. The van der Waals surface area contributed by atoms with Crippen LogP contribution in [-0.2, 0) is 14.3 Å². The van der Waals surface area contributed by atoms with E-state index in [1.807, 2.05) is 0 Å². The van der Waals surface area contributed by atoms with E-state index >= 15 is 0 Å². The lowest BCUT2D eigenvalue weighted by Gasteiger charge is -2.21. The molecule has 0 aromatic rings. The summed E-state index contributed by atoms with van der Waals surface area (Å²) in [5, 5.41) is 8.40. The number of carboxylic acid groups (broad SMARTS) is 1. The van der Waals surface area contributed by atoms with E-state index in [1.165, 1.54) is 24.6 Å². The maximum absolute atomic E-state index is 10.7. The summed E-state index contributed by atoms with van der Waals surface area (Å²) in [6.45, 7) is 2.31. The van der Waals surface area contributed by atoms with Crippen LogP contribution < -0.4 is 0 Å². The molecule has 2 rings (SSSR count). The van der Waals surface area contributed by atoms with E-state index in [1.54, 1.807) is 6.92 Å². The van der Waals surface area contributed by atoms with Crippen LogP contribution in [0, 0.1) is 0 Å². The zero-order valence-electron chi connectivity index (χ0n) is 9.48. The van der Waals surface area contributed by atoms with Crippen LogP contribution in [0.3, 0.4) is 0 Å². The van der Waals surface area contributed by atoms with Crippen molar-refractivity contribution < 1.29 is 19.4 Å². The van der Waals surface area contributed by atoms with Gasteiger partial charge in [-0.05, 0) is 19.8 Å². The van der Waals surface area contributed by atoms with Gasteiger partial charge in [-0.3, -0.25) is 4.79 Å². The molecular weight excluding hydrogens is 228 g/mol. The largest absolute Gasteiger partial charge is 0.480 e. The van der Waals surface area contributed by atoms with Gasteiger partial charge in [-0.2, -0.15) is 0 Å². The number of rotatable bonds is 4. The van der Waals surface area contributed by atoms with Gasteiger partial charge in [0.05, 0.1) is 18.0 Å². The average molecular weight is 246 g/mol. The van der Waals surface area contributed by atoms with E-state index in [9.17, 15) is 4.79 Å². The molecule has 2 fully saturated rings. The van der Waals surface area contributed by atoms with Crippen molar-refractivity contribution in [3.63, 3.8) is 0 Å². The van der Waals surface area contributed by atoms with Crippen LogP contribution in [0.15, 0.2) is 0 Å². The van der Waals surface area contributed by atoms with Crippen LogP contribution in [0.2, 0.25) is 0 Å². The molecule has 1 heterocycles. The van der Waals surface area contributed by atoms with Crippen LogP contribution in [-0.4, -0.2) is 40.6 Å². The fourth-order valence-electron chi connectivity index (χ4n) is 2.20. The highest BCUT2D eigenvalue weighted by molar-refractivity contribution is 8.00. The minimum absolute atomic E-state index is 0.0601. The smallest absolute Gasteiger partial charge is 0.316 e. The number of carboxylic acids is 1. The zero-order valence-corrected chi connectivity index (χ0v) is 10.3. The molecule has 1 aliphatic heterocycles. The van der Waals surface area contributed by atoms with Gasteiger partial charge in [-0.25, -0.2) is 0 Å². The molecule has 1 saturated heterocycles. The molecular formula is C11H18O4S. The molecule has 4 nitrogen and oxygen atoms in total. The van der Waals surface area contributed by atoms with Gasteiger partial charge >= 0.3 is 5.97 Å². The molecule has 16 heavy (non-hydrogen) atoms. The van der Waals surface area contributed by atoms with Gasteiger partial charge in [-0.15, -0.1) is 11.8 Å². The van der Waals surface area contributed by atoms with Gasteiger partial charge < -0.3 is 14.6 Å². The first-order valence-corrected chi connectivity index (χ1v) is 6.82. The molecule has 0 amide bonds. The second-order valence-electron chi connectivity index (χ2n) is 4.48. The molecule has 2 unspecified atom stereocenters. The monoisotopic (exact) mass is 246 g/mol. The molecule has 2 aliphatic rings. The number of aliphatic carboxylic acids is 1. The Bertz CT molecular complexity index is 263. The molecule has 0 aromatic heterocycles. The minimum atomic E-state index is -0.764. The number of thioether (sulfide) groups is 1. The first-order chi connectivity index (χ1) is 7.61. The molecule has 1 spiro atoms. The van der Waals surface area contributed by atoms with Crippen molar-refractivity contribution in [3.05, 3.63) is 0 Å². The Balaban J connectivity index is 1.74. The number of hydrogen-bond donors (Lipinski definition) is 1. The molecule has 5 heteroatoms. The van der Waals surface area contributed by atoms with E-state index in [-0.39, 0.29) is 17.1 Å². The van der Waals surface area contributed by atoms with Gasteiger partial charge in [0.2, 0.25) is 0 Å². The summed E-state index contributed by atoms with van der Waals surface area (Å²) in [5.41, 5.74) is 0. The van der Waals surface area contributed by atoms with E-state index in [2.05, 4.69) is 0 Å². The quantitative estimate of drug-likeness (QED) is 0.820. The summed E-state index contributed by atoms with van der Waals surface area (Å²) in [6.07, 6.45) is 4.38. The van der Waals surface area contributed by atoms with Crippen molar-refractivity contribution in [2.24, 2.45) is 0 Å². The van der Waals surface area contributed by atoms with Crippen LogP contribution in [0.4, 0.5) is 0 Å². The first-order valence-electron chi connectivity index (χ1n) is 5.77. The molecule has 1 saturated carbocycles. The van der Waals surface area contributed by atoms with Crippen molar-refractivity contribution in [2.75, 3.05) is 12.4 Å². The van der Waals surface area contributed by atoms with Gasteiger partial charge in [-0.1, -0.05) is 0 Å². The lowest BCUT2D eigenvalue weighted by Crippen LogP contribution is -2.27. The minimum Gasteiger partial charge on any atom is -0.480 e. The number of hydrogen-bond acceptors (Lipinski definition) is 4. The number of carbonyl (C=O) groups is 1. The number of ether oxygens (including phenoxy) is 2. The zero-order chi connectivity index (χ0) is 11.6. The Hall–Kier alpha value is -0.260. The summed E-state index contributed by atoms with van der Waals surface area (Å²) in [4.78, 5) is 10.7. The van der Waals surface area contributed by atoms with Gasteiger partial charge in [0.25, 0.3) is 0 Å². The Kier molecular flexibility index (Phi) is 3.77. The molecule has 1 N–H and O–H groups in total. The maximum Gasteiger partial charge on any atom is 0.316 e. The Morgan fingerprint density at radius 1 is 1.56 bits per heavy atom. The third kappa shape index (κ3) is 2.70. The predicted molar refractivity (Wildman–Crippen MR) is 61.6 cm³/mol. The first kappa shape index (κ1) is 12.2. The van der Waals surface area contributed by atoms with Crippen LogP contribution >= 0.6 is 11.8 Å². The highest BCUT2D eigenvalue weighted by atomic mass is 32.2. The van der Waals surface area contributed by atoms with E-state index in [4.69, 9.17) is 14.6 Å². The van der Waals surface area contributed by atoms with Crippen molar-refractivity contribution in [1.29, 1.82) is 0 Å². The second kappa shape index (κ2) is 4.94. The summed E-state index contributed by atoms with van der Waals surface area (Å²) >= 11 is 1.42. The SMILES string of the molecule is CC(SCC1COC2(CCCC2)O1)C(=O)O. The fourth-order valence-corrected chi connectivity index (χ4v) is 3.01. The van der Waals surface area contributed by atoms with Crippen molar-refractivity contribution >= 4 is 17.7 Å². The normalized spacial score (nSPS) is 29.7. The molecule has 0 radical (unpaired) electrons. The van der Waals surface area contributed by atoms with Crippen LogP contribution in [0.5, 0.6) is 0 Å². The molecule has 0 bridgehead atoms. The van der Waals surface area contributed by atoms with E-state index in [0.717, 1.165) is 12.8 Å². The summed E-state index contributed by atoms with van der Waals surface area (Å²) in [5.74, 6) is -0.383. The Labute approximate surface area is 99.7 Å². The van der Waals surface area contributed by atoms with Crippen LogP contribution in [0.25, 0.3) is 0 Å². The highest BCUT2D eigenvalue weighted by Gasteiger charge is 2.43. The lowest BCUT2D eigenvalue weighted by molar-refractivity contribution is -0.159. The molecule has 2 atom stereocenters. The Morgan fingerprint density at radius 3 is 2.88 bits per heavy atom. The van der Waals surface area contributed by atoms with Crippen molar-refractivity contribution in [3.8, 4) is 0 Å². The molecule has 0 aromatic carbocycles. The summed E-state index contributed by atoms with van der Waals surface area (Å²) < 4.78 is 11.6. The van der Waals surface area contributed by atoms with Gasteiger partial charge in [0, 0.05) is 18.6 Å².